The summed E-state index contributed by atoms with van der Waals surface area (Å²) >= 11 is 0.948. The van der Waals surface area contributed by atoms with Gasteiger partial charge in [0.1, 0.15) is 32.5 Å². The van der Waals surface area contributed by atoms with E-state index in [1.165, 1.54) is 6.21 Å². The normalized spacial score (nSPS) is 19.1. The number of carboxylic acid groups (broad SMARTS) is 1. The number of carbonyl (C=O) groups excluding carboxylic acids is 14. The molecule has 40 nitrogen and oxygen atoms in total. The molecule has 2 aliphatic rings. The zero-order chi connectivity index (χ0) is 86.2. The topological polar surface area (TPSA) is 577 Å². The molecule has 9 amide bonds. The standard InChI is InChI=1S/C75H119N13O27S3/c1-2-84-115-47-68(97)81-20-24-108-28-32-111-34-36-112-35-33-110-31-27-107-23-19-80-67(96)46-114-45-66(95)79-17-7-6-15-58-74(104)88-61-50-118-117-49-60(87-73(103)55(41-70(99)100)38-57(90)42-83-71(101)53(39-63(61)92)13-8-18-82-75(77)78)64(93)40-54(37-52-11-4-3-5-12-52)72(102)86-59(48-116-51-69(98)85-58)62(91)16-10-22-106-26-30-109-29-25-105-21-9-14-56(89)43-113-44-65(76)94/h2-5,11-12,53-55,58-61H,6-10,13-51H2,1H3,(H2,76,94)(H,79,95)(H,80,96)(H,81,97)(H,83,101)(H,85,98)(H,86,102)(H,87,103)(H,88,104)(H,99,100)(H4,77,78,82)/t53-,54-,55+,58+,59+,60+,61+/m1/s1. The van der Waals surface area contributed by atoms with Crippen molar-refractivity contribution in [3.8, 4) is 0 Å². The Morgan fingerprint density at radius 3 is 1.59 bits per heavy atom. The molecular formula is C75H119N13O27S3. The second-order valence-corrected chi connectivity index (χ2v) is 30.3. The molecule has 2 heterocycles. The first-order valence-corrected chi connectivity index (χ1v) is 42.8. The minimum Gasteiger partial charge on any atom is -0.481 e. The summed E-state index contributed by atoms with van der Waals surface area (Å²) in [4.78, 5) is 210. The van der Waals surface area contributed by atoms with E-state index < -0.39 is 164 Å². The first kappa shape index (κ1) is 104. The highest BCUT2D eigenvalue weighted by Crippen LogP contribution is 2.27. The molecule has 7 atom stereocenters. The van der Waals surface area contributed by atoms with Crippen molar-refractivity contribution in [1.29, 1.82) is 0 Å². The number of benzene rings is 1. The molecule has 3 rings (SSSR count). The minimum absolute atomic E-state index is 0.00452. The third-order valence-corrected chi connectivity index (χ3v) is 20.4. The number of nitrogens with one attached hydrogen (secondary N) is 8. The number of primary amides is 1. The number of ether oxygens (including phenoxy) is 10. The van der Waals surface area contributed by atoms with Crippen LogP contribution in [0.3, 0.4) is 0 Å². The number of rotatable bonds is 57. The Kier molecular flexibility index (Phi) is 58.5. The van der Waals surface area contributed by atoms with Gasteiger partial charge in [-0.15, -0.1) is 11.8 Å². The fourth-order valence-corrected chi connectivity index (χ4v) is 14.3. The Morgan fingerprint density at radius 1 is 0.517 bits per heavy atom. The van der Waals surface area contributed by atoms with Crippen molar-refractivity contribution in [2.45, 2.75) is 121 Å². The molecule has 0 aliphatic carbocycles. The van der Waals surface area contributed by atoms with Gasteiger partial charge in [0.05, 0.1) is 135 Å². The lowest BCUT2D eigenvalue weighted by Crippen LogP contribution is -2.53. The number of unbranched alkanes of at least 4 members (excludes halogenated alkanes) is 1. The number of hydrogen-bond acceptors (Lipinski definition) is 31. The fraction of sp³-hybridized carbons (Fsp3) is 0.693. The number of carbonyl (C=O) groups is 15. The minimum atomic E-state index is -1.55. The van der Waals surface area contributed by atoms with Gasteiger partial charge >= 0.3 is 5.97 Å². The molecule has 0 saturated carbocycles. The van der Waals surface area contributed by atoms with Crippen LogP contribution in [0.15, 0.2) is 40.5 Å². The van der Waals surface area contributed by atoms with E-state index in [9.17, 15) is 77.0 Å². The van der Waals surface area contributed by atoms with Crippen LogP contribution in [0.5, 0.6) is 0 Å². The summed E-state index contributed by atoms with van der Waals surface area (Å²) in [5, 5.41) is 34.9. The van der Waals surface area contributed by atoms with Crippen molar-refractivity contribution >= 4 is 134 Å². The number of hydrogen-bond donors (Lipinski definition) is 12. The monoisotopic (exact) mass is 1730 g/mol. The van der Waals surface area contributed by atoms with Crippen LogP contribution in [0.25, 0.3) is 0 Å². The van der Waals surface area contributed by atoms with Crippen LogP contribution in [-0.2, 0) is 131 Å². The third kappa shape index (κ3) is 53.2. The van der Waals surface area contributed by atoms with E-state index in [1.54, 1.807) is 37.3 Å². The molecular weight excluding hydrogens is 1610 g/mol. The van der Waals surface area contributed by atoms with Gasteiger partial charge in [0.25, 0.3) is 5.91 Å². The lowest BCUT2D eigenvalue weighted by atomic mass is 9.90. The summed E-state index contributed by atoms with van der Waals surface area (Å²) in [7, 11) is 1.97. The van der Waals surface area contributed by atoms with Gasteiger partial charge in [-0.1, -0.05) is 57.1 Å². The van der Waals surface area contributed by atoms with Crippen LogP contribution >= 0.6 is 33.3 Å². The van der Waals surface area contributed by atoms with E-state index in [2.05, 4.69) is 52.7 Å². The first-order chi connectivity index (χ1) is 56.9. The smallest absolute Gasteiger partial charge is 0.304 e. The number of nitrogens with two attached hydrogens (primary N) is 3. The van der Waals surface area contributed by atoms with Crippen LogP contribution in [0.4, 0.5) is 0 Å². The Balaban J connectivity index is 1.73. The summed E-state index contributed by atoms with van der Waals surface area (Å²) in [6, 6.07) is 3.17. The second-order valence-electron chi connectivity index (χ2n) is 26.8. The van der Waals surface area contributed by atoms with Crippen molar-refractivity contribution in [3.63, 3.8) is 0 Å². The summed E-state index contributed by atoms with van der Waals surface area (Å²) in [5.41, 5.74) is 16.7. The predicted octanol–water partition coefficient (Wildman–Crippen LogP) is -2.43. The number of Topliss-reactive ketones (excluding diaryl/α,β-unsaturated/α-hetero) is 5. The summed E-state index contributed by atoms with van der Waals surface area (Å²) in [6.45, 7) is 4.15. The number of ketones is 5. The maximum absolute atomic E-state index is 14.9. The van der Waals surface area contributed by atoms with Gasteiger partial charge in [-0.2, -0.15) is 0 Å². The summed E-state index contributed by atoms with van der Waals surface area (Å²) < 4.78 is 54.4. The molecule has 2 bridgehead atoms. The van der Waals surface area contributed by atoms with Crippen LogP contribution in [0, 0.1) is 17.8 Å². The number of nitrogens with zero attached hydrogens (tertiary/aromatic N) is 2. The molecule has 2 fully saturated rings. The second kappa shape index (κ2) is 66.5. The van der Waals surface area contributed by atoms with Crippen molar-refractivity contribution in [1.82, 2.24) is 42.5 Å². The van der Waals surface area contributed by atoms with Crippen molar-refractivity contribution in [2.75, 3.05) is 194 Å². The van der Waals surface area contributed by atoms with E-state index >= 15 is 0 Å². The number of carboxylic acids is 1. The lowest BCUT2D eigenvalue weighted by molar-refractivity contribution is -0.142. The predicted molar refractivity (Wildman–Crippen MR) is 433 cm³/mol. The molecule has 0 aromatic heterocycles. The maximum Gasteiger partial charge on any atom is 0.304 e. The van der Waals surface area contributed by atoms with Gasteiger partial charge < -0.3 is 117 Å². The first-order valence-electron chi connectivity index (χ1n) is 39.1. The molecule has 664 valence electrons. The average Bonchev–Trinajstić information content (AvgIpc) is 1.03. The fourth-order valence-electron chi connectivity index (χ4n) is 11.0. The highest BCUT2D eigenvalue weighted by molar-refractivity contribution is 8.76. The van der Waals surface area contributed by atoms with Gasteiger partial charge in [-0.05, 0) is 63.9 Å². The highest BCUT2D eigenvalue weighted by Gasteiger charge is 2.36. The molecule has 0 spiro atoms. The molecule has 118 heavy (non-hydrogen) atoms. The van der Waals surface area contributed by atoms with E-state index in [0.29, 0.717) is 64.8 Å². The van der Waals surface area contributed by atoms with E-state index in [-0.39, 0.29) is 197 Å². The van der Waals surface area contributed by atoms with Crippen molar-refractivity contribution < 1.29 is 129 Å². The van der Waals surface area contributed by atoms with Crippen molar-refractivity contribution in [3.05, 3.63) is 35.9 Å². The lowest BCUT2D eigenvalue weighted by Gasteiger charge is -2.26. The number of guanidine groups is 1. The van der Waals surface area contributed by atoms with Crippen LogP contribution in [0.2, 0.25) is 0 Å². The number of amides is 9. The quantitative estimate of drug-likeness (QED) is 0.0106. The van der Waals surface area contributed by atoms with Gasteiger partial charge in [-0.25, -0.2) is 0 Å². The third-order valence-electron chi connectivity index (χ3n) is 16.9. The van der Waals surface area contributed by atoms with E-state index in [4.69, 9.17) is 69.4 Å². The van der Waals surface area contributed by atoms with Crippen molar-refractivity contribution in [2.24, 2.45) is 45.1 Å². The Morgan fingerprint density at radius 2 is 1.03 bits per heavy atom. The number of fused-ring (bicyclic) bond motifs is 5. The zero-order valence-electron chi connectivity index (χ0n) is 67.0. The molecule has 1 aromatic carbocycles. The van der Waals surface area contributed by atoms with E-state index in [1.807, 2.05) is 0 Å². The number of thioether (sulfide) groups is 1. The van der Waals surface area contributed by atoms with Gasteiger partial charge in [-0.3, -0.25) is 76.9 Å². The van der Waals surface area contributed by atoms with E-state index in [0.717, 1.165) is 33.3 Å². The summed E-state index contributed by atoms with van der Waals surface area (Å²) in [5.74, 6) is -15.5. The maximum atomic E-state index is 14.9. The zero-order valence-corrected chi connectivity index (χ0v) is 69.5. The molecule has 15 N–H and O–H groups in total. The van der Waals surface area contributed by atoms with Crippen LogP contribution < -0.4 is 59.7 Å². The van der Waals surface area contributed by atoms with Crippen LogP contribution in [-0.4, -0.2) is 324 Å². The Labute approximate surface area is 698 Å². The molecule has 1 aromatic rings. The number of aliphatic carboxylic acids is 1. The SMILES string of the molecule is CC=NOCC(=O)NCCOCCOCCOCCOCCOCCNC(=O)COCC(=O)NCCCC[C@@H]1NC(=O)CSC[C@@H](C(=O)CCCOCCOCCOCCCC(=O)COCC(N)=O)NC(=O)[C@H](Cc2ccccc2)CC(=O)[C@@H]2CSSC[C@H](NC1=O)C(=O)C[C@@H](CCCN=C(N)N)C(=O)NCC(=O)C[C@@H](CC(=O)O)C(=O)N2. The average molecular weight is 1730 g/mol. The van der Waals surface area contributed by atoms with Crippen LogP contribution in [0.1, 0.15) is 96.0 Å². The largest absolute Gasteiger partial charge is 0.481 e. The van der Waals surface area contributed by atoms with Gasteiger partial charge in [0.15, 0.2) is 41.5 Å². The molecule has 0 unspecified atom stereocenters. The Bertz CT molecular complexity index is 3280. The molecule has 2 aliphatic heterocycles. The highest BCUT2D eigenvalue weighted by atomic mass is 33.1. The van der Waals surface area contributed by atoms with Gasteiger partial charge in [0.2, 0.25) is 47.3 Å². The number of aliphatic imine (C=N–C) groups is 1. The molecule has 43 heteroatoms. The van der Waals surface area contributed by atoms with Gasteiger partial charge in [0, 0.05) is 107 Å². The number of oxime groups is 1. The molecule has 2 saturated heterocycles. The summed E-state index contributed by atoms with van der Waals surface area (Å²) in [6.07, 6.45) is -0.00440. The Hall–Kier alpha value is -8.34. The molecule has 0 radical (unpaired) electrons.